The van der Waals surface area contributed by atoms with Crippen molar-refractivity contribution in [2.45, 2.75) is 20.3 Å². The fourth-order valence-corrected chi connectivity index (χ4v) is 3.65. The predicted octanol–water partition coefficient (Wildman–Crippen LogP) is -1.70. The van der Waals surface area contributed by atoms with Gasteiger partial charge in [0, 0.05) is 328 Å². The first kappa shape index (κ1) is 81.0. The molecule has 0 unspecified atom stereocenters. The van der Waals surface area contributed by atoms with Crippen molar-refractivity contribution >= 4 is 30.2 Å². The standard InChI is InChI=1S/C70H2.C5H8N2O2.C4H7NO.C3H5NO2.CH3NO.CH4/c1-3-5-7-9-11-13-15-17-19-21-23-25-27-29-31-33-35-37-39-41-43-45-47-49-51-53-55-57-59-61-63-65-67-69-70-68-66-64-62-60-58-56-54-52-50-48-46-44-42-40-38-36-34-32-30-28-26-24-22-20-18-16-14-12-10-8-6-4-2;1-7-3-4(8)6-2-5(7)9;6-4-2-1-3-5-4;5-3-4-1-2-6-3;2-1-3;/h1-2H;2-3H2,1H3,(H,6,8);1-3H2,(H,5,6);1-2H2,(H,4,5);1H,(H2,2,3);1H4. The Morgan fingerprint density at radius 1 is 0.337 bits per heavy atom. The molecule has 0 spiro atoms. The highest BCUT2D eigenvalue weighted by Crippen LogP contribution is 1.93. The van der Waals surface area contributed by atoms with Crippen molar-refractivity contribution in [3.05, 3.63) is 0 Å². The number of rotatable bonds is 0. The van der Waals surface area contributed by atoms with E-state index in [1.807, 2.05) is 0 Å². The fraction of sp³-hybridized carbons (Fsp3) is 0.107. The number of amides is 5. The lowest BCUT2D eigenvalue weighted by atomic mass is 10.4. The van der Waals surface area contributed by atoms with Crippen LogP contribution in [0, 0.1) is 415 Å². The van der Waals surface area contributed by atoms with Crippen LogP contribution in [-0.2, 0) is 23.9 Å². The summed E-state index contributed by atoms with van der Waals surface area (Å²) in [5.74, 6) is 168. The zero-order valence-electron chi connectivity index (χ0n) is 48.7. The van der Waals surface area contributed by atoms with Gasteiger partial charge < -0.3 is 31.3 Å². The minimum Gasteiger partial charge on any atom is -0.448 e. The van der Waals surface area contributed by atoms with E-state index < -0.39 is 0 Å². The van der Waals surface area contributed by atoms with Gasteiger partial charge in [0.25, 0.3) is 0 Å². The summed E-state index contributed by atoms with van der Waals surface area (Å²) in [6.45, 7) is 2.42. The normalized spacial score (nSPS) is 7.46. The third-order valence-electron chi connectivity index (χ3n) is 6.96. The number of cyclic esters (lactones) is 1. The molecule has 0 bridgehead atoms. The molecule has 0 aliphatic carbocycles. The van der Waals surface area contributed by atoms with Crippen molar-refractivity contribution in [1.29, 1.82) is 0 Å². The van der Waals surface area contributed by atoms with Gasteiger partial charge in [0.15, 0.2) is 0 Å². The van der Waals surface area contributed by atoms with Crippen molar-refractivity contribution in [2.75, 3.05) is 39.8 Å². The summed E-state index contributed by atoms with van der Waals surface area (Å²) < 4.78 is 4.40. The lowest BCUT2D eigenvalue weighted by Crippen LogP contribution is -2.49. The van der Waals surface area contributed by atoms with Gasteiger partial charge in [0.05, 0.1) is 19.6 Å². The number of hydrogen-bond acceptors (Lipinski definition) is 6. The van der Waals surface area contributed by atoms with Gasteiger partial charge in [-0.15, -0.1) is 12.8 Å². The van der Waals surface area contributed by atoms with Crippen LogP contribution >= 0.6 is 0 Å². The van der Waals surface area contributed by atoms with E-state index in [9.17, 15) is 19.2 Å². The molecule has 0 aromatic rings. The number of piperazine rings is 1. The van der Waals surface area contributed by atoms with Crippen LogP contribution in [-0.4, -0.2) is 75.0 Å². The van der Waals surface area contributed by atoms with Crippen molar-refractivity contribution < 1.29 is 28.7 Å². The van der Waals surface area contributed by atoms with Gasteiger partial charge in [-0.2, -0.15) is 0 Å². The summed E-state index contributed by atoms with van der Waals surface area (Å²) in [4.78, 5) is 51.2. The Kier molecular flexibility index (Phi) is 61.2. The zero-order valence-corrected chi connectivity index (χ0v) is 48.7. The molecule has 3 aliphatic rings. The molecule has 3 aliphatic heterocycles. The third-order valence-corrected chi connectivity index (χ3v) is 6.96. The molecule has 3 fully saturated rings. The van der Waals surface area contributed by atoms with Crippen LogP contribution in [0.2, 0.25) is 0 Å². The predicted molar refractivity (Wildman–Crippen MR) is 363 cm³/mol. The van der Waals surface area contributed by atoms with Crippen molar-refractivity contribution in [3.63, 3.8) is 0 Å². The first-order chi connectivity index (χ1) is 46.3. The molecule has 0 radical (unpaired) electrons. The maximum atomic E-state index is 10.7. The highest BCUT2D eigenvalue weighted by molar-refractivity contribution is 5.92. The topological polar surface area (TPSA) is 160 Å². The van der Waals surface area contributed by atoms with Crippen LogP contribution in [0.3, 0.4) is 0 Å². The molecular formula is C84H29N5O6. The molecule has 426 valence electrons. The maximum absolute atomic E-state index is 10.7. The molecule has 3 rings (SSSR count). The van der Waals surface area contributed by atoms with Gasteiger partial charge >= 0.3 is 6.09 Å². The number of carbonyl (C=O) groups excluding carboxylic acids is 5. The molecule has 0 aromatic carbocycles. The highest BCUT2D eigenvalue weighted by atomic mass is 16.6. The van der Waals surface area contributed by atoms with E-state index in [-0.39, 0.29) is 50.7 Å². The van der Waals surface area contributed by atoms with E-state index >= 15 is 0 Å². The van der Waals surface area contributed by atoms with Gasteiger partial charge in [-0.25, -0.2) is 4.79 Å². The molecule has 3 heterocycles. The third kappa shape index (κ3) is 71.8. The Morgan fingerprint density at radius 3 is 0.632 bits per heavy atom. The lowest BCUT2D eigenvalue weighted by molar-refractivity contribution is -0.139. The second-order valence-corrected chi connectivity index (χ2v) is 13.2. The monoisotopic (exact) mass is 1200 g/mol. The molecule has 11 nitrogen and oxygen atoms in total. The van der Waals surface area contributed by atoms with Gasteiger partial charge in [-0.1, -0.05) is 7.43 Å². The second kappa shape index (κ2) is 71.9. The summed E-state index contributed by atoms with van der Waals surface area (Å²) in [6.07, 6.45) is 11.6. The largest absolute Gasteiger partial charge is 0.448 e. The molecule has 0 atom stereocenters. The van der Waals surface area contributed by atoms with E-state index in [2.05, 4.69) is 429 Å². The van der Waals surface area contributed by atoms with E-state index in [0.717, 1.165) is 19.4 Å². The van der Waals surface area contributed by atoms with E-state index in [0.29, 0.717) is 13.2 Å². The van der Waals surface area contributed by atoms with E-state index in [4.69, 9.17) is 17.6 Å². The molecular weight excluding hydrogens is 1170 g/mol. The number of nitrogens with one attached hydrogen (secondary N) is 3. The number of carbonyl (C=O) groups is 5. The van der Waals surface area contributed by atoms with Gasteiger partial charge in [0.2, 0.25) is 24.1 Å². The smallest absolute Gasteiger partial charge is 0.407 e. The minimum atomic E-state index is -0.296. The maximum Gasteiger partial charge on any atom is 0.407 e. The molecule has 0 saturated carbocycles. The number of ether oxygens (including phenoxy) is 1. The quantitative estimate of drug-likeness (QED) is 0.168. The van der Waals surface area contributed by atoms with Crippen LogP contribution < -0.4 is 21.7 Å². The minimum absolute atomic E-state index is 0. The van der Waals surface area contributed by atoms with Crippen LogP contribution in [0.4, 0.5) is 4.79 Å². The Bertz CT molecular complexity index is 5130. The Hall–Kier alpha value is -18.3. The Morgan fingerprint density at radius 2 is 0.537 bits per heavy atom. The molecule has 0 aromatic heterocycles. The first-order valence-corrected chi connectivity index (χ1v) is 24.6. The number of nitrogens with zero attached hydrogens (tertiary/aromatic N) is 1. The average Bonchev–Trinajstić information content (AvgIpc) is 2.79. The Balaban J connectivity index is -0.00000278. The molecule has 95 heavy (non-hydrogen) atoms. The Labute approximate surface area is 558 Å². The number of alkyl carbamates (subject to hydrolysis) is 1. The average molecular weight is 1200 g/mol. The second-order valence-electron chi connectivity index (χ2n) is 13.2. The highest BCUT2D eigenvalue weighted by Gasteiger charge is 2.18. The van der Waals surface area contributed by atoms with Gasteiger partial charge in [0.1, 0.15) is 6.61 Å². The first-order valence-electron chi connectivity index (χ1n) is 24.6. The molecule has 3 saturated heterocycles. The number of hydrogen-bond donors (Lipinski definition) is 4. The SMILES string of the molecule is C.C#CC#CC#CC#CC#CC#CC#CC#CC#CC#CC#CC#CC#CC#CC#CC#CC#CC#CC#CC#CC#CC#CC#CC#CC#CC#CC#CC#CC#CC#CC#CC#CC#CC#CC#C.CN1CC(=O)NCC1=O.NC=O.O=C1CCCN1.O=C1NCCO1. The van der Waals surface area contributed by atoms with Crippen LogP contribution in [0.15, 0.2) is 0 Å². The van der Waals surface area contributed by atoms with Crippen molar-refractivity contribution in [3.8, 4) is 415 Å². The number of nitrogens with two attached hydrogens (primary N) is 1. The summed E-state index contributed by atoms with van der Waals surface area (Å²) in [7, 11) is 1.61. The fourth-order valence-electron chi connectivity index (χ4n) is 3.65. The molecule has 5 N–H and O–H groups in total. The van der Waals surface area contributed by atoms with E-state index in [1.54, 1.807) is 7.05 Å². The molecule has 5 amide bonds. The molecule has 11 heteroatoms. The summed E-state index contributed by atoms with van der Waals surface area (Å²) in [6, 6.07) is 0. The number of primary amides is 1. The van der Waals surface area contributed by atoms with Gasteiger partial charge in [-0.05, 0) is 101 Å². The summed E-state index contributed by atoms with van der Waals surface area (Å²) in [5.41, 5.74) is 4.17. The van der Waals surface area contributed by atoms with Crippen LogP contribution in [0.25, 0.3) is 0 Å². The van der Waals surface area contributed by atoms with Crippen molar-refractivity contribution in [2.24, 2.45) is 5.73 Å². The number of terminal acetylenes is 2. The van der Waals surface area contributed by atoms with Crippen LogP contribution in [0.5, 0.6) is 0 Å². The lowest BCUT2D eigenvalue weighted by Gasteiger charge is -2.21. The summed E-state index contributed by atoms with van der Waals surface area (Å²) >= 11 is 0. The van der Waals surface area contributed by atoms with E-state index in [1.165, 1.54) is 4.90 Å². The summed E-state index contributed by atoms with van der Waals surface area (Å²) in [5, 5.41) is 7.57. The van der Waals surface area contributed by atoms with Gasteiger partial charge in [-0.3, -0.25) is 19.2 Å². The van der Waals surface area contributed by atoms with Crippen molar-refractivity contribution in [1.82, 2.24) is 20.9 Å². The zero-order chi connectivity index (χ0) is 68.5. The number of likely N-dealkylation sites (N-methyl/N-ethyl adjacent to an activating group) is 1. The van der Waals surface area contributed by atoms with Crippen LogP contribution in [0.1, 0.15) is 20.3 Å².